The summed E-state index contributed by atoms with van der Waals surface area (Å²) in [4.78, 5) is 0. The zero-order valence-corrected chi connectivity index (χ0v) is 37.3. The van der Waals surface area contributed by atoms with E-state index in [2.05, 4.69) is 164 Å². The summed E-state index contributed by atoms with van der Waals surface area (Å²) in [5.41, 5.74) is 5.16. The van der Waals surface area contributed by atoms with Crippen LogP contribution in [0.5, 0.6) is 0 Å². The van der Waals surface area contributed by atoms with Gasteiger partial charge in [-0.15, -0.1) is 7.92 Å². The summed E-state index contributed by atoms with van der Waals surface area (Å²) in [6.07, 6.45) is 0. The predicted molar refractivity (Wildman–Crippen MR) is 203 cm³/mol. The Kier molecular flexibility index (Phi) is 18.3. The molecule has 0 nitrogen and oxygen atoms in total. The Morgan fingerprint density at radius 3 is 0.727 bits per heavy atom. The van der Waals surface area contributed by atoms with E-state index in [4.69, 9.17) is 0 Å². The Bertz CT molecular complexity index is 847. The van der Waals surface area contributed by atoms with Crippen LogP contribution in [-0.4, -0.2) is 20.0 Å². The monoisotopic (exact) mass is 712 g/mol. The maximum atomic E-state index is 2.46. The van der Waals surface area contributed by atoms with E-state index >= 15 is 0 Å². The topological polar surface area (TPSA) is 0 Å². The summed E-state index contributed by atoms with van der Waals surface area (Å²) in [6.45, 7) is 49.7. The second-order valence-electron chi connectivity index (χ2n) is 16.4. The van der Waals surface area contributed by atoms with Crippen molar-refractivity contribution < 1.29 is 23.6 Å². The third-order valence-corrected chi connectivity index (χ3v) is 11.7. The zero-order chi connectivity index (χ0) is 35.3. The van der Waals surface area contributed by atoms with Gasteiger partial charge in [0.25, 0.3) is 0 Å². The molecular weight excluding hydrogens is 646 g/mol. The molecule has 0 bridgehead atoms. The molecule has 1 aromatic rings. The van der Waals surface area contributed by atoms with E-state index in [-0.39, 0.29) is 16.2 Å². The molecule has 3 rings (SSSR count). The molecule has 0 heterocycles. The van der Waals surface area contributed by atoms with Gasteiger partial charge in [0.15, 0.2) is 0 Å². The molecule has 3 heteroatoms. The van der Waals surface area contributed by atoms with Gasteiger partial charge < -0.3 is 0 Å². The minimum absolute atomic E-state index is 0.205. The summed E-state index contributed by atoms with van der Waals surface area (Å²) in [5.74, 6) is 14.7. The van der Waals surface area contributed by atoms with Gasteiger partial charge in [-0.3, -0.25) is 0 Å². The Hall–Kier alpha value is 0.833. The summed E-state index contributed by atoms with van der Waals surface area (Å²) >= 11 is 1.57. The van der Waals surface area contributed by atoms with Gasteiger partial charge in [0.2, 0.25) is 0 Å². The van der Waals surface area contributed by atoms with Gasteiger partial charge in [-0.2, -0.15) is 0 Å². The maximum Gasteiger partial charge on any atom is -0.0130 e. The third-order valence-electron chi connectivity index (χ3n) is 9.33. The van der Waals surface area contributed by atoms with Crippen LogP contribution in [0, 0.1) is 59.2 Å². The molecule has 0 N–H and O–H groups in total. The minimum Gasteiger partial charge on any atom is -0.116 e. The second kappa shape index (κ2) is 18.0. The molecule has 44 heavy (non-hydrogen) atoms. The fourth-order valence-corrected chi connectivity index (χ4v) is 7.96. The second-order valence-corrected chi connectivity index (χ2v) is 21.4. The van der Waals surface area contributed by atoms with Crippen molar-refractivity contribution in [2.75, 3.05) is 20.0 Å². The van der Waals surface area contributed by atoms with Gasteiger partial charge in [0.05, 0.1) is 0 Å². The first-order valence-electron chi connectivity index (χ1n) is 16.2. The minimum atomic E-state index is 0.205. The van der Waals surface area contributed by atoms with Crippen LogP contribution >= 0.6 is 13.3 Å². The zero-order valence-electron chi connectivity index (χ0n) is 33.0. The predicted octanol–water partition coefficient (Wildman–Crippen LogP) is 12.9. The molecule has 0 amide bonds. The van der Waals surface area contributed by atoms with Gasteiger partial charge in [0.1, 0.15) is 0 Å². The molecule has 0 aliphatic heterocycles. The summed E-state index contributed by atoms with van der Waals surface area (Å²) in [5, 5.41) is 3.03. The van der Waals surface area contributed by atoms with Crippen molar-refractivity contribution in [3.63, 3.8) is 0 Å². The first-order chi connectivity index (χ1) is 19.6. The molecule has 10 radical (unpaired) electrons. The van der Waals surface area contributed by atoms with E-state index in [0.717, 1.165) is 0 Å². The Morgan fingerprint density at radius 2 is 0.614 bits per heavy atom. The molecule has 0 spiro atoms. The number of rotatable bonds is 1. The van der Waals surface area contributed by atoms with Crippen molar-refractivity contribution >= 4 is 18.6 Å². The average molecular weight is 714 g/mol. The van der Waals surface area contributed by atoms with Crippen molar-refractivity contribution in [3.05, 3.63) is 88.0 Å². The molecule has 0 atom stereocenters. The molecule has 2 aliphatic carbocycles. The van der Waals surface area contributed by atoms with E-state index < -0.39 is 0 Å². The smallest absolute Gasteiger partial charge is 0.0130 e. The number of hydrogen-bond acceptors (Lipinski definition) is 0. The van der Waals surface area contributed by atoms with Crippen LogP contribution in [0.4, 0.5) is 0 Å². The molecule has 2 aliphatic rings. The van der Waals surface area contributed by atoms with Crippen LogP contribution in [0.1, 0.15) is 148 Å². The van der Waals surface area contributed by atoms with Crippen LogP contribution in [-0.2, 0) is 39.9 Å². The van der Waals surface area contributed by atoms with E-state index in [9.17, 15) is 0 Å². The third kappa shape index (κ3) is 12.7. The van der Waals surface area contributed by atoms with Gasteiger partial charge in [-0.1, -0.05) is 69.2 Å². The standard InChI is InChI=1S/C18H29P.2C10H15.C3H9P.Zr/c1-16(2,3)12-10-13(17(4,5)6)15(19)14(11-12)18(7,8)9;2*1-6-7(2)9(4)10(5)8(6)3;1-4(2)3;/h10-11H,1-9H3;2*1-5H3;1-3H3;. The van der Waals surface area contributed by atoms with Crippen LogP contribution in [0.2, 0.25) is 0 Å². The molecule has 0 saturated heterocycles. The fourth-order valence-electron chi connectivity index (χ4n) is 5.14. The Labute approximate surface area is 296 Å². The molecule has 2 saturated carbocycles. The maximum absolute atomic E-state index is 2.46. The average Bonchev–Trinajstić information content (AvgIpc) is 3.16. The van der Waals surface area contributed by atoms with E-state index in [1.165, 1.54) is 81.3 Å². The van der Waals surface area contributed by atoms with Crippen molar-refractivity contribution in [3.8, 4) is 0 Å². The SMILES string of the molecule is CC(C)(C)c1cc(C(C)(C)C)c([P]=[Zr])c(C(C)(C)C)c1.CP(C)C.C[C]1[C](C)[C](C)[C](C)[C]1C.C[C]1[C](C)[C](C)[C](C)[C]1C. The Morgan fingerprint density at radius 1 is 0.432 bits per heavy atom. The molecular formula is C41H68P2Zr. The van der Waals surface area contributed by atoms with E-state index in [0.29, 0.717) is 7.92 Å². The van der Waals surface area contributed by atoms with Crippen LogP contribution in [0.3, 0.4) is 0 Å². The fraction of sp³-hybridized carbons (Fsp3) is 0.610. The first kappa shape index (κ1) is 44.8. The quantitative estimate of drug-likeness (QED) is 0.254. The molecule has 0 aromatic heterocycles. The van der Waals surface area contributed by atoms with Gasteiger partial charge in [0, 0.05) is 0 Å². The van der Waals surface area contributed by atoms with Gasteiger partial charge in [-0.05, 0) is 79.2 Å². The van der Waals surface area contributed by atoms with Crippen molar-refractivity contribution in [2.24, 2.45) is 0 Å². The van der Waals surface area contributed by atoms with Crippen LogP contribution in [0.15, 0.2) is 12.1 Å². The largest absolute Gasteiger partial charge is 0.116 e. The van der Waals surface area contributed by atoms with Gasteiger partial charge >= 0.3 is 142 Å². The molecule has 1 aromatic carbocycles. The molecule has 246 valence electrons. The molecule has 0 unspecified atom stereocenters. The van der Waals surface area contributed by atoms with Crippen molar-refractivity contribution in [1.82, 2.24) is 0 Å². The molecule has 2 fully saturated rings. The summed E-state index contributed by atoms with van der Waals surface area (Å²) in [6, 6.07) is 4.92. The summed E-state index contributed by atoms with van der Waals surface area (Å²) in [7, 11) is 0.380. The van der Waals surface area contributed by atoms with Crippen LogP contribution < -0.4 is 5.30 Å². The van der Waals surface area contributed by atoms with Crippen molar-refractivity contribution in [1.29, 1.82) is 0 Å². The van der Waals surface area contributed by atoms with Gasteiger partial charge in [-0.25, -0.2) is 0 Å². The number of hydrogen-bond donors (Lipinski definition) is 0. The summed E-state index contributed by atoms with van der Waals surface area (Å²) < 4.78 is 0. The van der Waals surface area contributed by atoms with Crippen LogP contribution in [0.25, 0.3) is 0 Å². The number of benzene rings is 1. The Balaban J connectivity index is 0.000000644. The normalized spacial score (nSPS) is 20.0. The van der Waals surface area contributed by atoms with E-state index in [1.807, 2.05) is 0 Å². The van der Waals surface area contributed by atoms with E-state index in [1.54, 1.807) is 28.9 Å². The first-order valence-corrected chi connectivity index (χ1v) is 23.1. The van der Waals surface area contributed by atoms with Crippen molar-refractivity contribution in [2.45, 2.75) is 148 Å².